The summed E-state index contributed by atoms with van der Waals surface area (Å²) >= 11 is 7.27. The molecule has 0 fully saturated rings. The lowest BCUT2D eigenvalue weighted by molar-refractivity contribution is 0.111. The largest absolute Gasteiger partial charge is 0.344 e. The fourth-order valence-corrected chi connectivity index (χ4v) is 13.6. The molecule has 0 radical (unpaired) electrons. The van der Waals surface area contributed by atoms with Gasteiger partial charge in [0.1, 0.15) is 10.5 Å². The highest BCUT2D eigenvalue weighted by atomic mass is 32.2. The highest BCUT2D eigenvalue weighted by molar-refractivity contribution is 7.99. The lowest BCUT2D eigenvalue weighted by Gasteiger charge is -2.08. The van der Waals surface area contributed by atoms with Gasteiger partial charge in [0, 0.05) is 41.1 Å². The van der Waals surface area contributed by atoms with Crippen LogP contribution < -0.4 is 6.13 Å². The van der Waals surface area contributed by atoms with Gasteiger partial charge in [0.25, 0.3) is 0 Å². The Bertz CT molecular complexity index is 4440. The second-order valence-corrected chi connectivity index (χ2v) is 22.2. The Balaban J connectivity index is 0.000000121. The van der Waals surface area contributed by atoms with E-state index in [-0.39, 0.29) is 6.13 Å². The Kier molecular flexibility index (Phi) is 14.7. The van der Waals surface area contributed by atoms with Crippen LogP contribution in [0.25, 0.3) is 106 Å². The van der Waals surface area contributed by atoms with Crippen molar-refractivity contribution in [3.8, 4) is 0 Å². The van der Waals surface area contributed by atoms with Gasteiger partial charge in [-0.05, 0) is 161 Å². The van der Waals surface area contributed by atoms with Gasteiger partial charge in [0.2, 0.25) is 0 Å². The molecule has 12 aromatic carbocycles. The molecular formula is C69H53NO2S4. The highest BCUT2D eigenvalue weighted by Crippen LogP contribution is 2.46. The van der Waals surface area contributed by atoms with Crippen LogP contribution in [0.1, 0.15) is 37.4 Å². The lowest BCUT2D eigenvalue weighted by atomic mass is 10.0. The third kappa shape index (κ3) is 10.9. The van der Waals surface area contributed by atoms with Gasteiger partial charge >= 0.3 is 0 Å². The van der Waals surface area contributed by atoms with Crippen molar-refractivity contribution in [3.63, 3.8) is 0 Å². The Labute approximate surface area is 463 Å². The highest BCUT2D eigenvalue weighted by Gasteiger charge is 2.14. The molecule has 0 amide bonds. The molecule has 14 aromatic rings. The first kappa shape index (κ1) is 47.8. The van der Waals surface area contributed by atoms with Crippen LogP contribution in [0.15, 0.2) is 234 Å². The van der Waals surface area contributed by atoms with Crippen LogP contribution in [0.2, 0.25) is 4.24 Å². The minimum Gasteiger partial charge on any atom is -0.344 e. The van der Waals surface area contributed by atoms with Crippen molar-refractivity contribution in [2.24, 2.45) is 0 Å². The maximum atomic E-state index is 10.8. The lowest BCUT2D eigenvalue weighted by Crippen LogP contribution is -1.85. The molecule has 7 heteroatoms. The van der Waals surface area contributed by atoms with Crippen LogP contribution in [0.5, 0.6) is 0 Å². The minimum absolute atomic E-state index is 0.250. The Morgan fingerprint density at radius 3 is 1.18 bits per heavy atom. The number of thioether (sulfide) groups is 2. The van der Waals surface area contributed by atoms with Crippen molar-refractivity contribution in [1.82, 2.24) is 6.13 Å². The summed E-state index contributed by atoms with van der Waals surface area (Å²) in [5, 5.41) is 17.9. The van der Waals surface area contributed by atoms with Gasteiger partial charge in [-0.25, -0.2) is 0 Å². The van der Waals surface area contributed by atoms with Crippen LogP contribution in [-0.4, -0.2) is 25.1 Å². The van der Waals surface area contributed by atoms with Crippen molar-refractivity contribution in [3.05, 3.63) is 252 Å². The molecule has 0 aliphatic heterocycles. The fraction of sp³-hybridized carbons (Fsp3) is 0.0435. The Hall–Kier alpha value is -7.88. The van der Waals surface area contributed by atoms with E-state index < -0.39 is 0 Å². The van der Waals surface area contributed by atoms with Crippen LogP contribution >= 0.6 is 46.2 Å². The van der Waals surface area contributed by atoms with Gasteiger partial charge in [-0.3, -0.25) is 9.59 Å². The Morgan fingerprint density at radius 1 is 0.408 bits per heavy atom. The topological polar surface area (TPSA) is 69.1 Å². The monoisotopic (exact) mass is 1060 g/mol. The van der Waals surface area contributed by atoms with Crippen molar-refractivity contribution in [2.45, 2.75) is 16.7 Å². The number of hydrogen-bond donors (Lipinski definition) is 1. The van der Waals surface area contributed by atoms with E-state index in [9.17, 15) is 9.59 Å². The number of fused-ring (bicyclic) bond motifs is 11. The first-order valence-corrected chi connectivity index (χ1v) is 28.8. The summed E-state index contributed by atoms with van der Waals surface area (Å²) in [6.07, 6.45) is 10.1. The molecule has 3 nitrogen and oxygen atoms in total. The average molecular weight is 1060 g/mol. The number of carbonyl (C=O) groups excluding carboxylic acids is 2. The predicted molar refractivity (Wildman–Crippen MR) is 339 cm³/mol. The van der Waals surface area contributed by atoms with E-state index in [1.807, 2.05) is 95.7 Å². The summed E-state index contributed by atoms with van der Waals surface area (Å²) in [5.41, 5.74) is 5.36. The molecule has 0 saturated carbocycles. The van der Waals surface area contributed by atoms with E-state index in [1.54, 1.807) is 23.5 Å². The summed E-state index contributed by atoms with van der Waals surface area (Å²) in [4.78, 5) is 23.6. The molecule has 0 unspecified atom stereocenters. The van der Waals surface area contributed by atoms with Crippen LogP contribution in [-0.2, 0) is 0 Å². The molecule has 0 spiro atoms. The molecular weight excluding hydrogens is 1000 g/mol. The number of benzene rings is 12. The minimum atomic E-state index is -0.250. The number of hydrogen-bond acceptors (Lipinski definition) is 7. The number of carbonyl (C=O) groups is 2. The molecule has 370 valence electrons. The third-order valence-electron chi connectivity index (χ3n) is 13.6. The van der Waals surface area contributed by atoms with Gasteiger partial charge in [-0.2, -0.15) is 0 Å². The van der Waals surface area contributed by atoms with Crippen molar-refractivity contribution in [1.29, 1.82) is 0 Å². The Morgan fingerprint density at radius 2 is 0.750 bits per heavy atom. The zero-order valence-corrected chi connectivity index (χ0v) is 45.3. The fourth-order valence-electron chi connectivity index (χ4n) is 9.69. The smallest absolute Gasteiger partial charge is 0.151 e. The summed E-state index contributed by atoms with van der Waals surface area (Å²) in [6, 6.07) is 78.6. The van der Waals surface area contributed by atoms with Crippen molar-refractivity contribution in [2.75, 3.05) is 12.5 Å². The van der Waals surface area contributed by atoms with Crippen molar-refractivity contribution < 1.29 is 13.8 Å². The summed E-state index contributed by atoms with van der Waals surface area (Å²) in [5.74, 6) is 0. The van der Waals surface area contributed by atoms with Gasteiger partial charge in [-0.15, -0.1) is 46.2 Å². The summed E-state index contributed by atoms with van der Waals surface area (Å²) < 4.78 is 22.9. The quantitative estimate of drug-likeness (QED) is 0.102. The van der Waals surface area contributed by atoms with Gasteiger partial charge in [0.05, 0.1) is 9.40 Å². The maximum absolute atomic E-state index is 10.8. The van der Waals surface area contributed by atoms with E-state index in [0.717, 1.165) is 39.4 Å². The van der Waals surface area contributed by atoms with Gasteiger partial charge in [-0.1, -0.05) is 176 Å². The molecule has 14 rings (SSSR count). The number of thiophene rings is 2. The number of aldehydes is 2. The molecule has 76 heavy (non-hydrogen) atoms. The van der Waals surface area contributed by atoms with E-state index in [2.05, 4.69) is 183 Å². The first-order valence-electron chi connectivity index (χ1n) is 26.1. The van der Waals surface area contributed by atoms with Crippen LogP contribution in [0.3, 0.4) is 0 Å². The molecule has 0 aliphatic carbocycles. The SMILES string of the molecule is CSc1cc2ccccc2cc1/C=C/c1cc2ccccc2cc1C.CSc1cc2ccccc2cc1C=O.O=Cc1ccc2ccccc2c1.[2H]N([3H])[3H].c1ccc2cc3c(cc2c1)sc1c2cc4ccccc4cc2sc31. The molecule has 0 bridgehead atoms. The molecule has 2 aromatic heterocycles. The first-order chi connectivity index (χ1) is 38.6. The van der Waals surface area contributed by atoms with E-state index in [1.165, 1.54) is 105 Å². The zero-order chi connectivity index (χ0) is 54.8. The van der Waals surface area contributed by atoms with Gasteiger partial charge < -0.3 is 6.13 Å². The average Bonchev–Trinajstić information content (AvgIpc) is 4.03. The van der Waals surface area contributed by atoms with Crippen molar-refractivity contribution >= 4 is 165 Å². The van der Waals surface area contributed by atoms with E-state index in [0.29, 0.717) is 0 Å². The molecule has 0 aliphatic rings. The standard InChI is InChI=1S/C24H20S.C22H12S2.C12H10OS.C11H8O.H3N/c1-17-13-19-7-3-4-8-20(19)14-18(17)11-12-23-15-21-9-5-6-10-22(21)16-24(23)25-2;1-3-7-15-11-19-17(9-13(15)5-1)21-22(23-19)18-10-14-6-2-4-8-16(14)12-20(18)24-21;1-14-12-7-10-5-3-2-4-9(10)6-11(12)8-13;12-8-9-5-6-10-3-1-2-4-11(10)7-9;/h3-16H,1-2H3;1-12H;2-8H,1H3;1-8H;1H3/b12-11+;;;;/i/hT2D. The molecule has 2 heterocycles. The zero-order valence-electron chi connectivity index (χ0n) is 45.1. The number of aryl methyl sites for hydroxylation is 1. The predicted octanol–water partition coefficient (Wildman–Crippen LogP) is 21.0. The second kappa shape index (κ2) is 23.3. The molecule has 0 saturated heterocycles. The summed E-state index contributed by atoms with van der Waals surface area (Å²) in [7, 11) is 0. The molecule has 3 N–H and O–H groups in total. The van der Waals surface area contributed by atoms with Gasteiger partial charge in [0.15, 0.2) is 6.29 Å². The summed E-state index contributed by atoms with van der Waals surface area (Å²) in [6.45, 7) is 2.18. The number of rotatable bonds is 6. The second-order valence-electron chi connectivity index (χ2n) is 18.4. The maximum Gasteiger partial charge on any atom is 0.151 e. The van der Waals surface area contributed by atoms with Crippen LogP contribution in [0, 0.1) is 6.92 Å². The molecule has 0 atom stereocenters. The van der Waals surface area contributed by atoms with E-state index in [4.69, 9.17) is 4.24 Å². The van der Waals surface area contributed by atoms with E-state index >= 15 is 0 Å². The van der Waals surface area contributed by atoms with Crippen LogP contribution in [0.4, 0.5) is 0 Å². The third-order valence-corrected chi connectivity index (χ3v) is 17.7. The normalized spacial score (nSPS) is 11.7.